The van der Waals surface area contributed by atoms with E-state index in [0.29, 0.717) is 0 Å². The van der Waals surface area contributed by atoms with E-state index < -0.39 is 74.3 Å². The van der Waals surface area contributed by atoms with Crippen molar-refractivity contribution in [2.75, 3.05) is 11.5 Å². The second kappa shape index (κ2) is 11.8. The molecule has 210 valence electrons. The van der Waals surface area contributed by atoms with Gasteiger partial charge in [-0.1, -0.05) is 36.9 Å². The minimum Gasteiger partial charge on any atom is -0.458 e. The average molecular weight is 551 g/mol. The number of alkyl carbamates (subject to hydrolysis) is 1. The summed E-state index contributed by atoms with van der Waals surface area (Å²) in [5, 5.41) is 13.0. The SMILES string of the molecule is C=Cc1ccccc1C(O)(CCS(=N)(=O)CC[C@H](NC(=O)OC(C)(C)C)C(=O)OC(C)(C)C)C(F)(F)F. The van der Waals surface area contributed by atoms with Crippen molar-refractivity contribution in [1.29, 1.82) is 4.78 Å². The van der Waals surface area contributed by atoms with Crippen LogP contribution in [0, 0.1) is 4.78 Å². The smallest absolute Gasteiger partial charge is 0.421 e. The van der Waals surface area contributed by atoms with Gasteiger partial charge >= 0.3 is 18.2 Å². The number of hydrogen-bond donors (Lipinski definition) is 3. The van der Waals surface area contributed by atoms with Crippen LogP contribution in [0.5, 0.6) is 0 Å². The van der Waals surface area contributed by atoms with Crippen LogP contribution in [0.4, 0.5) is 18.0 Å². The third-order valence-electron chi connectivity index (χ3n) is 5.01. The molecule has 3 atom stereocenters. The summed E-state index contributed by atoms with van der Waals surface area (Å²) in [6.07, 6.45) is -6.33. The molecule has 0 spiro atoms. The van der Waals surface area contributed by atoms with Crippen LogP contribution in [0.15, 0.2) is 30.8 Å². The van der Waals surface area contributed by atoms with Crippen molar-refractivity contribution in [3.8, 4) is 0 Å². The maximum Gasteiger partial charge on any atom is 0.421 e. The van der Waals surface area contributed by atoms with Gasteiger partial charge in [-0.05, 0) is 59.1 Å². The summed E-state index contributed by atoms with van der Waals surface area (Å²) in [6.45, 7) is 13.1. The van der Waals surface area contributed by atoms with E-state index in [1.807, 2.05) is 0 Å². The van der Waals surface area contributed by atoms with Crippen LogP contribution in [0.1, 0.15) is 65.5 Å². The third-order valence-corrected chi connectivity index (χ3v) is 6.77. The average Bonchev–Trinajstić information content (AvgIpc) is 2.71. The van der Waals surface area contributed by atoms with Gasteiger partial charge in [0.1, 0.15) is 17.2 Å². The van der Waals surface area contributed by atoms with Crippen LogP contribution in [-0.2, 0) is 29.6 Å². The van der Waals surface area contributed by atoms with E-state index >= 15 is 0 Å². The fourth-order valence-electron chi connectivity index (χ4n) is 3.28. The molecule has 0 saturated heterocycles. The number of carbonyl (C=O) groups is 2. The lowest BCUT2D eigenvalue weighted by atomic mass is 9.87. The molecule has 0 aliphatic carbocycles. The van der Waals surface area contributed by atoms with Gasteiger partial charge in [-0.25, -0.2) is 13.8 Å². The first-order chi connectivity index (χ1) is 16.6. The van der Waals surface area contributed by atoms with Gasteiger partial charge in [0.25, 0.3) is 0 Å². The van der Waals surface area contributed by atoms with E-state index in [0.717, 1.165) is 12.1 Å². The maximum absolute atomic E-state index is 14.0. The molecule has 0 bridgehead atoms. The highest BCUT2D eigenvalue weighted by atomic mass is 32.2. The molecule has 1 amide bonds. The number of nitrogens with one attached hydrogen (secondary N) is 2. The Labute approximate surface area is 216 Å². The number of amides is 1. The maximum atomic E-state index is 14.0. The molecule has 0 aliphatic rings. The molecule has 0 fully saturated rings. The van der Waals surface area contributed by atoms with Crippen LogP contribution in [0.25, 0.3) is 6.08 Å². The van der Waals surface area contributed by atoms with Crippen molar-refractivity contribution in [3.05, 3.63) is 42.0 Å². The third kappa shape index (κ3) is 10.4. The van der Waals surface area contributed by atoms with Crippen molar-refractivity contribution >= 4 is 27.9 Å². The van der Waals surface area contributed by atoms with Gasteiger partial charge in [-0.15, -0.1) is 0 Å². The van der Waals surface area contributed by atoms with Crippen LogP contribution in [0.3, 0.4) is 0 Å². The zero-order valence-electron chi connectivity index (χ0n) is 22.0. The molecule has 12 heteroatoms. The van der Waals surface area contributed by atoms with Crippen molar-refractivity contribution in [2.45, 2.75) is 83.4 Å². The number of benzene rings is 1. The quantitative estimate of drug-likeness (QED) is 0.346. The summed E-state index contributed by atoms with van der Waals surface area (Å²) in [5.74, 6) is -2.23. The number of hydrogen-bond acceptors (Lipinski definition) is 7. The molecule has 37 heavy (non-hydrogen) atoms. The van der Waals surface area contributed by atoms with Crippen molar-refractivity contribution < 1.29 is 41.5 Å². The Morgan fingerprint density at radius 2 is 1.62 bits per heavy atom. The number of aliphatic hydroxyl groups is 1. The zero-order chi connectivity index (χ0) is 28.9. The second-order valence-corrected chi connectivity index (χ2v) is 13.1. The van der Waals surface area contributed by atoms with Crippen LogP contribution in [-0.4, -0.2) is 56.3 Å². The fraction of sp³-hybridized carbons (Fsp3) is 0.600. The number of esters is 1. The summed E-state index contributed by atoms with van der Waals surface area (Å²) in [7, 11) is -3.73. The summed E-state index contributed by atoms with van der Waals surface area (Å²) < 4.78 is 73.4. The summed E-state index contributed by atoms with van der Waals surface area (Å²) >= 11 is 0. The highest BCUT2D eigenvalue weighted by Gasteiger charge is 2.55. The lowest BCUT2D eigenvalue weighted by molar-refractivity contribution is -0.267. The Balaban J connectivity index is 3.10. The molecular weight excluding hydrogens is 513 g/mol. The molecular formula is C25H37F3N2O6S. The number of carbonyl (C=O) groups excluding carboxylic acids is 2. The normalized spacial score (nSPS) is 16.6. The largest absolute Gasteiger partial charge is 0.458 e. The van der Waals surface area contributed by atoms with E-state index in [2.05, 4.69) is 11.9 Å². The van der Waals surface area contributed by atoms with Crippen LogP contribution >= 0.6 is 0 Å². The molecule has 2 unspecified atom stereocenters. The summed E-state index contributed by atoms with van der Waals surface area (Å²) in [6, 6.07) is 3.90. The molecule has 1 aromatic rings. The first kappa shape index (κ1) is 32.4. The standard InChI is InChI=1S/C25H37F3N2O6S/c1-8-17-11-9-10-12-18(17)24(33,25(26,27)28)14-16-37(29,34)15-13-19(20(31)35-22(2,3)4)30-21(32)36-23(5,6)7/h8-12,19,29,33H,1,13-16H2,2-7H3,(H,30,32)/t19-,24?,37?/m0/s1. The molecule has 3 N–H and O–H groups in total. The predicted molar refractivity (Wildman–Crippen MR) is 135 cm³/mol. The van der Waals surface area contributed by atoms with E-state index in [-0.39, 0.29) is 12.0 Å². The van der Waals surface area contributed by atoms with E-state index in [4.69, 9.17) is 14.3 Å². The molecule has 1 rings (SSSR count). The lowest BCUT2D eigenvalue weighted by Crippen LogP contribution is -2.47. The molecule has 0 radical (unpaired) electrons. The second-order valence-electron chi connectivity index (χ2n) is 10.6. The monoisotopic (exact) mass is 550 g/mol. The molecule has 8 nitrogen and oxygen atoms in total. The summed E-state index contributed by atoms with van der Waals surface area (Å²) in [4.78, 5) is 24.9. The Kier molecular flexibility index (Phi) is 10.4. The minimum absolute atomic E-state index is 0.0466. The molecule has 0 heterocycles. The number of halogens is 3. The molecule has 1 aromatic carbocycles. The van der Waals surface area contributed by atoms with Crippen molar-refractivity contribution in [3.63, 3.8) is 0 Å². The predicted octanol–water partition coefficient (Wildman–Crippen LogP) is 5.14. The van der Waals surface area contributed by atoms with E-state index in [9.17, 15) is 32.1 Å². The highest BCUT2D eigenvalue weighted by molar-refractivity contribution is 7.92. The van der Waals surface area contributed by atoms with Crippen LogP contribution in [0.2, 0.25) is 0 Å². The number of rotatable bonds is 10. The number of alkyl halides is 3. The Bertz CT molecular complexity index is 1080. The van der Waals surface area contributed by atoms with Gasteiger partial charge in [-0.3, -0.25) is 4.78 Å². The van der Waals surface area contributed by atoms with Gasteiger partial charge in [0.05, 0.1) is 0 Å². The number of ether oxygens (including phenoxy) is 2. The first-order valence-electron chi connectivity index (χ1n) is 11.6. The van der Waals surface area contributed by atoms with Gasteiger partial charge in [0, 0.05) is 27.7 Å². The van der Waals surface area contributed by atoms with Gasteiger partial charge < -0.3 is 19.9 Å². The van der Waals surface area contributed by atoms with E-state index in [1.165, 1.54) is 18.2 Å². The summed E-state index contributed by atoms with van der Waals surface area (Å²) in [5.41, 5.74) is -5.60. The highest BCUT2D eigenvalue weighted by Crippen LogP contribution is 2.43. The fourth-order valence-corrected chi connectivity index (χ4v) is 4.72. The topological polar surface area (TPSA) is 126 Å². The van der Waals surface area contributed by atoms with Crippen LogP contribution < -0.4 is 5.32 Å². The minimum atomic E-state index is -5.13. The molecule has 0 aromatic heterocycles. The Hall–Kier alpha value is -2.60. The van der Waals surface area contributed by atoms with Crippen molar-refractivity contribution in [2.24, 2.45) is 0 Å². The Morgan fingerprint density at radius 3 is 2.11 bits per heavy atom. The van der Waals surface area contributed by atoms with Gasteiger partial charge in [0.15, 0.2) is 5.60 Å². The van der Waals surface area contributed by atoms with Crippen molar-refractivity contribution in [1.82, 2.24) is 5.32 Å². The van der Waals surface area contributed by atoms with Gasteiger partial charge in [-0.2, -0.15) is 13.2 Å². The molecule has 0 saturated carbocycles. The molecule has 0 aliphatic heterocycles. The van der Waals surface area contributed by atoms with E-state index in [1.54, 1.807) is 41.5 Å². The zero-order valence-corrected chi connectivity index (χ0v) is 22.8. The Morgan fingerprint density at radius 1 is 1.08 bits per heavy atom. The first-order valence-corrected chi connectivity index (χ1v) is 13.5. The van der Waals surface area contributed by atoms with Gasteiger partial charge in [0.2, 0.25) is 0 Å². The lowest BCUT2D eigenvalue weighted by Gasteiger charge is -2.32.